The van der Waals surface area contributed by atoms with Crippen LogP contribution in [0.1, 0.15) is 126 Å². The van der Waals surface area contributed by atoms with Crippen LogP contribution in [0.2, 0.25) is 0 Å². The molecule has 0 spiro atoms. The molecule has 2 aliphatic rings. The highest BCUT2D eigenvalue weighted by atomic mass is 35.5. The highest BCUT2D eigenvalue weighted by Crippen LogP contribution is 2.59. The number of rotatable bonds is 11. The number of hydrogen-bond acceptors (Lipinski definition) is 4. The molecule has 0 radical (unpaired) electrons. The van der Waals surface area contributed by atoms with E-state index in [9.17, 15) is 14.7 Å². The summed E-state index contributed by atoms with van der Waals surface area (Å²) in [4.78, 5) is 24.3. The molecule has 0 aromatic heterocycles. The maximum Gasteiger partial charge on any atom is 0.310 e. The monoisotopic (exact) mass is 548 g/mol. The first-order chi connectivity index (χ1) is 16.3. The molecule has 2 rings (SSSR count). The number of carboxylic acids is 2. The van der Waals surface area contributed by atoms with E-state index in [2.05, 4.69) is 55.4 Å². The number of carboxylic acid groups (broad SMARTS) is 2. The van der Waals surface area contributed by atoms with Gasteiger partial charge in [-0.2, -0.15) is 0 Å². The number of aliphatic carboxylic acids is 2. The van der Waals surface area contributed by atoms with Gasteiger partial charge in [0.05, 0.1) is 5.41 Å². The van der Waals surface area contributed by atoms with Crippen LogP contribution in [0.25, 0.3) is 0 Å². The summed E-state index contributed by atoms with van der Waals surface area (Å²) in [6.45, 7) is 17.0. The Kier molecular flexibility index (Phi) is 9.92. The van der Waals surface area contributed by atoms with Crippen molar-refractivity contribution < 1.29 is 19.8 Å². The smallest absolute Gasteiger partial charge is 0.310 e. The largest absolute Gasteiger partial charge is 0.481 e. The third-order valence-corrected chi connectivity index (χ3v) is 10.8. The molecule has 0 aliphatic carbocycles. The van der Waals surface area contributed by atoms with Crippen molar-refractivity contribution in [2.45, 2.75) is 148 Å². The van der Waals surface area contributed by atoms with Crippen molar-refractivity contribution >= 4 is 35.5 Å². The van der Waals surface area contributed by atoms with Gasteiger partial charge in [0.2, 0.25) is 0 Å². The number of carbonyl (C=O) groups is 2. The van der Waals surface area contributed by atoms with Crippen LogP contribution < -0.4 is 0 Å². The Labute approximate surface area is 229 Å². The zero-order valence-electron chi connectivity index (χ0n) is 23.8. The van der Waals surface area contributed by atoms with Crippen LogP contribution in [0.3, 0.4) is 0 Å². The van der Waals surface area contributed by atoms with Crippen LogP contribution in [0, 0.1) is 17.3 Å². The second-order valence-corrected chi connectivity index (χ2v) is 14.7. The molecule has 0 aromatic rings. The number of piperidine rings is 2. The first-order valence-electron chi connectivity index (χ1n) is 13.7. The first kappa shape index (κ1) is 31.7. The second-order valence-electron chi connectivity index (χ2n) is 14.0. The Bertz CT molecular complexity index is 718. The lowest BCUT2D eigenvalue weighted by atomic mass is 9.52. The predicted octanol–water partition coefficient (Wildman–Crippen LogP) is 7.72. The fourth-order valence-corrected chi connectivity index (χ4v) is 7.94. The number of hydrogen-bond donors (Lipinski definition) is 2. The van der Waals surface area contributed by atoms with Gasteiger partial charge in [0.15, 0.2) is 0 Å². The summed E-state index contributed by atoms with van der Waals surface area (Å²) in [7, 11) is 0. The van der Waals surface area contributed by atoms with Crippen LogP contribution in [0.5, 0.6) is 0 Å². The number of nitrogens with zero attached hydrogens (tertiary/aromatic N) is 2. The highest BCUT2D eigenvalue weighted by molar-refractivity contribution is 6.14. The second kappa shape index (κ2) is 11.3. The Morgan fingerprint density at radius 2 is 1.03 bits per heavy atom. The molecule has 36 heavy (non-hydrogen) atoms. The molecule has 0 saturated carbocycles. The average Bonchev–Trinajstić information content (AvgIpc) is 2.70. The van der Waals surface area contributed by atoms with Crippen molar-refractivity contribution in [2.24, 2.45) is 17.3 Å². The lowest BCUT2D eigenvalue weighted by molar-refractivity contribution is -0.171. The van der Waals surface area contributed by atoms with Gasteiger partial charge in [-0.15, -0.1) is 0 Å². The SMILES string of the molecule is CC1(C)CC(C(CCCCCCCC(=O)O)(C(=O)O)C2CC(C)(C)N(Cl)C(C)(C)C2)CC(C)(C)N1Cl. The first-order valence-corrected chi connectivity index (χ1v) is 14.3. The Hall–Kier alpha value is -0.560. The Morgan fingerprint density at radius 1 is 0.694 bits per heavy atom. The Balaban J connectivity index is 2.42. The van der Waals surface area contributed by atoms with Gasteiger partial charge in [-0.3, -0.25) is 9.59 Å². The summed E-state index contributed by atoms with van der Waals surface area (Å²) in [5, 5.41) is 20.0. The van der Waals surface area contributed by atoms with Gasteiger partial charge in [-0.25, -0.2) is 8.84 Å². The van der Waals surface area contributed by atoms with Crippen molar-refractivity contribution in [2.75, 3.05) is 0 Å². The number of halogens is 2. The molecule has 2 heterocycles. The molecule has 8 heteroatoms. The van der Waals surface area contributed by atoms with E-state index in [4.69, 9.17) is 28.7 Å². The van der Waals surface area contributed by atoms with Crippen molar-refractivity contribution in [3.05, 3.63) is 0 Å². The molecular weight excluding hydrogens is 499 g/mol. The van der Waals surface area contributed by atoms with E-state index in [0.717, 1.165) is 51.4 Å². The minimum absolute atomic E-state index is 0.0134. The Morgan fingerprint density at radius 3 is 1.36 bits per heavy atom. The fraction of sp³-hybridized carbons (Fsp3) is 0.929. The van der Waals surface area contributed by atoms with Crippen molar-refractivity contribution in [1.82, 2.24) is 8.84 Å². The molecule has 0 bridgehead atoms. The molecule has 6 nitrogen and oxygen atoms in total. The molecule has 2 N–H and O–H groups in total. The third kappa shape index (κ3) is 6.71. The van der Waals surface area contributed by atoms with Crippen LogP contribution in [0.15, 0.2) is 0 Å². The van der Waals surface area contributed by atoms with Gasteiger partial charge in [-0.1, -0.05) is 25.7 Å². The van der Waals surface area contributed by atoms with Gasteiger partial charge in [0, 0.05) is 28.6 Å². The van der Waals surface area contributed by atoms with E-state index in [-0.39, 0.29) is 40.4 Å². The molecule has 0 aromatic carbocycles. The minimum atomic E-state index is -0.875. The molecule has 0 atom stereocenters. The maximum atomic E-state index is 13.5. The fourth-order valence-electron chi connectivity index (χ4n) is 7.67. The zero-order chi connectivity index (χ0) is 27.7. The average molecular weight is 550 g/mol. The van der Waals surface area contributed by atoms with Gasteiger partial charge in [0.1, 0.15) is 0 Å². The van der Waals surface area contributed by atoms with Crippen LogP contribution in [-0.2, 0) is 9.59 Å². The van der Waals surface area contributed by atoms with Gasteiger partial charge in [0.25, 0.3) is 0 Å². The van der Waals surface area contributed by atoms with Gasteiger partial charge < -0.3 is 10.2 Å². The van der Waals surface area contributed by atoms with E-state index < -0.39 is 17.4 Å². The molecular formula is C28H50Cl2N2O4. The molecule has 2 aliphatic heterocycles. The van der Waals surface area contributed by atoms with Crippen molar-refractivity contribution in [3.63, 3.8) is 0 Å². The topological polar surface area (TPSA) is 81.1 Å². The summed E-state index contributed by atoms with van der Waals surface area (Å²) >= 11 is 13.6. The van der Waals surface area contributed by atoms with Crippen LogP contribution in [-0.4, -0.2) is 53.1 Å². The minimum Gasteiger partial charge on any atom is -0.481 e. The van der Waals surface area contributed by atoms with E-state index in [0.29, 0.717) is 12.8 Å². The van der Waals surface area contributed by atoms with Crippen LogP contribution in [0.4, 0.5) is 0 Å². The molecule has 2 fully saturated rings. The van der Waals surface area contributed by atoms with Crippen molar-refractivity contribution in [3.8, 4) is 0 Å². The van der Waals surface area contributed by atoms with E-state index in [1.807, 2.05) is 8.84 Å². The predicted molar refractivity (Wildman–Crippen MR) is 147 cm³/mol. The van der Waals surface area contributed by atoms with E-state index >= 15 is 0 Å². The maximum absolute atomic E-state index is 13.5. The molecule has 0 unspecified atom stereocenters. The van der Waals surface area contributed by atoms with E-state index in [1.165, 1.54) is 0 Å². The van der Waals surface area contributed by atoms with Crippen LogP contribution >= 0.6 is 23.6 Å². The standard InChI is InChI=1S/C28H50Cl2N2O4/c1-24(2)16-20(17-25(3,4)31(24)29)28(23(35)36,15-13-11-9-10-12-14-22(33)34)21-18-26(5,6)32(30)27(7,8)19-21/h20-21H,9-19H2,1-8H3,(H,33,34)(H,35,36). The van der Waals surface area contributed by atoms with Crippen molar-refractivity contribution in [1.29, 1.82) is 0 Å². The molecule has 2 saturated heterocycles. The highest BCUT2D eigenvalue weighted by Gasteiger charge is 2.61. The summed E-state index contributed by atoms with van der Waals surface area (Å²) in [5.41, 5.74) is -2.19. The zero-order valence-corrected chi connectivity index (χ0v) is 25.3. The summed E-state index contributed by atoms with van der Waals surface area (Å²) < 4.78 is 3.81. The lowest BCUT2D eigenvalue weighted by Gasteiger charge is -2.60. The lowest BCUT2D eigenvalue weighted by Crippen LogP contribution is -2.64. The van der Waals surface area contributed by atoms with Gasteiger partial charge >= 0.3 is 11.9 Å². The summed E-state index contributed by atoms with van der Waals surface area (Å²) in [6.07, 6.45) is 7.94. The molecule has 210 valence electrons. The third-order valence-electron chi connectivity index (χ3n) is 8.95. The quantitative estimate of drug-likeness (QED) is 0.203. The normalized spacial score (nSPS) is 25.1. The van der Waals surface area contributed by atoms with Gasteiger partial charge in [-0.05, 0) is 129 Å². The summed E-state index contributed by atoms with van der Waals surface area (Å²) in [6, 6.07) is 0. The van der Waals surface area contributed by atoms with E-state index in [1.54, 1.807) is 0 Å². The molecule has 0 amide bonds. The number of unbranched alkanes of at least 4 members (excludes halogenated alkanes) is 4. The summed E-state index contributed by atoms with van der Waals surface area (Å²) in [5.74, 6) is -1.47.